The van der Waals surface area contributed by atoms with Gasteiger partial charge in [0.15, 0.2) is 0 Å². The van der Waals surface area contributed by atoms with Gasteiger partial charge < -0.3 is 0 Å². The van der Waals surface area contributed by atoms with E-state index in [-0.39, 0.29) is 0 Å². The molecule has 0 amide bonds. The summed E-state index contributed by atoms with van der Waals surface area (Å²) in [5, 5.41) is 6.63. The number of halogens is 3. The molecule has 0 saturated carbocycles. The molecule has 0 unspecified atom stereocenters. The molecule has 2 aromatic carbocycles. The van der Waals surface area contributed by atoms with Crippen molar-refractivity contribution in [3.8, 4) is 11.3 Å². The molecule has 0 aliphatic carbocycles. The zero-order valence-corrected chi connectivity index (χ0v) is 14.9. The molecule has 7 heteroatoms. The number of hydrazone groups is 1. The van der Waals surface area contributed by atoms with Crippen molar-refractivity contribution in [1.82, 2.24) is 4.98 Å². The number of anilines is 1. The Morgan fingerprint density at radius 3 is 2.54 bits per heavy atom. The summed E-state index contributed by atoms with van der Waals surface area (Å²) in [6.45, 7) is 3.64. The van der Waals surface area contributed by atoms with E-state index in [1.165, 1.54) is 23.6 Å². The summed E-state index contributed by atoms with van der Waals surface area (Å²) in [6, 6.07) is 11.5. The van der Waals surface area contributed by atoms with E-state index >= 15 is 0 Å². The Hall–Kier alpha value is -2.67. The fourth-order valence-electron chi connectivity index (χ4n) is 2.46. The highest BCUT2D eigenvalue weighted by Crippen LogP contribution is 2.30. The molecule has 1 N–H and O–H groups in total. The summed E-state index contributed by atoms with van der Waals surface area (Å²) < 4.78 is 38.1. The first-order chi connectivity index (χ1) is 12.3. The van der Waals surface area contributed by atoms with Crippen LogP contribution in [0.5, 0.6) is 0 Å². The Bertz CT molecular complexity index is 945. The van der Waals surface area contributed by atoms with Gasteiger partial charge in [0.1, 0.15) is 0 Å². The number of aromatic nitrogens is 1. The first-order valence-electron chi connectivity index (χ1n) is 7.83. The Morgan fingerprint density at radius 2 is 1.85 bits per heavy atom. The summed E-state index contributed by atoms with van der Waals surface area (Å²) in [5.74, 6) is 0. The van der Waals surface area contributed by atoms with E-state index in [9.17, 15) is 13.2 Å². The fourth-order valence-corrected chi connectivity index (χ4v) is 3.12. The van der Waals surface area contributed by atoms with Crippen molar-refractivity contribution < 1.29 is 13.2 Å². The highest BCUT2D eigenvalue weighted by molar-refractivity contribution is 7.14. The van der Waals surface area contributed by atoms with Crippen LogP contribution in [0.15, 0.2) is 52.9 Å². The summed E-state index contributed by atoms with van der Waals surface area (Å²) in [5.41, 5.74) is 6.33. The van der Waals surface area contributed by atoms with Gasteiger partial charge in [-0.3, -0.25) is 5.43 Å². The SMILES string of the molecule is Cc1cc(C(F)(F)F)ccc1/C=N/Nc1nc(-c2ccccc2C)cs1. The molecule has 0 atom stereocenters. The standard InChI is InChI=1S/C19H16F3N3S/c1-12-5-3-4-6-16(12)17-11-26-18(24-17)25-23-10-14-7-8-15(9-13(14)2)19(20,21)22/h3-11H,1-2H3,(H,24,25)/b23-10+. The summed E-state index contributed by atoms with van der Waals surface area (Å²) in [4.78, 5) is 4.49. The van der Waals surface area contributed by atoms with Crippen molar-refractivity contribution >= 4 is 22.7 Å². The highest BCUT2D eigenvalue weighted by Gasteiger charge is 2.30. The van der Waals surface area contributed by atoms with Crippen molar-refractivity contribution in [3.63, 3.8) is 0 Å². The van der Waals surface area contributed by atoms with Gasteiger partial charge in [0.2, 0.25) is 5.13 Å². The zero-order valence-electron chi connectivity index (χ0n) is 14.1. The highest BCUT2D eigenvalue weighted by atomic mass is 32.1. The summed E-state index contributed by atoms with van der Waals surface area (Å²) in [6.07, 6.45) is -2.85. The monoisotopic (exact) mass is 375 g/mol. The van der Waals surface area contributed by atoms with E-state index in [2.05, 4.69) is 15.5 Å². The lowest BCUT2D eigenvalue weighted by Gasteiger charge is -2.08. The van der Waals surface area contributed by atoms with Gasteiger partial charge in [-0.1, -0.05) is 30.3 Å². The quantitative estimate of drug-likeness (QED) is 0.456. The molecule has 3 rings (SSSR count). The molecule has 0 saturated heterocycles. The van der Waals surface area contributed by atoms with Gasteiger partial charge in [0.05, 0.1) is 17.5 Å². The van der Waals surface area contributed by atoms with Crippen LogP contribution in [0.3, 0.4) is 0 Å². The van der Waals surface area contributed by atoms with Crippen LogP contribution in [-0.2, 0) is 6.18 Å². The van der Waals surface area contributed by atoms with Gasteiger partial charge in [0.25, 0.3) is 0 Å². The smallest absolute Gasteiger partial charge is 0.253 e. The van der Waals surface area contributed by atoms with Crippen molar-refractivity contribution in [2.75, 3.05) is 5.43 Å². The number of nitrogens with zero attached hydrogens (tertiary/aromatic N) is 2. The maximum absolute atomic E-state index is 12.7. The zero-order chi connectivity index (χ0) is 18.7. The lowest BCUT2D eigenvalue weighted by molar-refractivity contribution is -0.137. The molecule has 26 heavy (non-hydrogen) atoms. The third kappa shape index (κ3) is 4.11. The third-order valence-corrected chi connectivity index (χ3v) is 4.63. The number of alkyl halides is 3. The van der Waals surface area contributed by atoms with Gasteiger partial charge in [0, 0.05) is 10.9 Å². The number of hydrogen-bond acceptors (Lipinski definition) is 4. The molecule has 134 valence electrons. The molecule has 0 spiro atoms. The van der Waals surface area contributed by atoms with Crippen LogP contribution in [0.2, 0.25) is 0 Å². The van der Waals surface area contributed by atoms with Gasteiger partial charge in [-0.05, 0) is 42.7 Å². The number of nitrogens with one attached hydrogen (secondary N) is 1. The maximum Gasteiger partial charge on any atom is 0.416 e. The minimum Gasteiger partial charge on any atom is -0.253 e. The van der Waals surface area contributed by atoms with Gasteiger partial charge in [-0.2, -0.15) is 18.3 Å². The van der Waals surface area contributed by atoms with Gasteiger partial charge in [-0.25, -0.2) is 4.98 Å². The van der Waals surface area contributed by atoms with E-state index in [0.717, 1.165) is 29.0 Å². The predicted octanol–water partition coefficient (Wildman–Crippen LogP) is 5.89. The van der Waals surface area contributed by atoms with Crippen LogP contribution in [0, 0.1) is 13.8 Å². The van der Waals surface area contributed by atoms with Crippen LogP contribution < -0.4 is 5.43 Å². The van der Waals surface area contributed by atoms with Crippen molar-refractivity contribution in [2.24, 2.45) is 5.10 Å². The molecule has 0 aliphatic heterocycles. The van der Waals surface area contributed by atoms with Crippen LogP contribution in [0.4, 0.5) is 18.3 Å². The molecule has 0 fully saturated rings. The Morgan fingerprint density at radius 1 is 1.08 bits per heavy atom. The summed E-state index contributed by atoms with van der Waals surface area (Å²) >= 11 is 1.41. The van der Waals surface area contributed by atoms with Crippen LogP contribution >= 0.6 is 11.3 Å². The van der Waals surface area contributed by atoms with Crippen LogP contribution in [0.25, 0.3) is 11.3 Å². The lowest BCUT2D eigenvalue weighted by Crippen LogP contribution is -2.05. The lowest BCUT2D eigenvalue weighted by atomic mass is 10.1. The molecule has 0 bridgehead atoms. The van der Waals surface area contributed by atoms with E-state index in [0.29, 0.717) is 16.3 Å². The minimum atomic E-state index is -4.34. The molecule has 1 heterocycles. The second-order valence-corrected chi connectivity index (χ2v) is 6.65. The molecule has 0 aliphatic rings. The topological polar surface area (TPSA) is 37.3 Å². The van der Waals surface area contributed by atoms with Crippen molar-refractivity contribution in [1.29, 1.82) is 0 Å². The van der Waals surface area contributed by atoms with Crippen LogP contribution in [-0.4, -0.2) is 11.2 Å². The Kier molecular flexibility index (Phi) is 5.08. The normalized spacial score (nSPS) is 11.9. The summed E-state index contributed by atoms with van der Waals surface area (Å²) in [7, 11) is 0. The second-order valence-electron chi connectivity index (χ2n) is 5.79. The molecule has 3 nitrogen and oxygen atoms in total. The Labute approximate surface area is 153 Å². The largest absolute Gasteiger partial charge is 0.416 e. The van der Waals surface area contributed by atoms with Crippen molar-refractivity contribution in [3.05, 3.63) is 70.1 Å². The average Bonchev–Trinajstić information content (AvgIpc) is 3.04. The van der Waals surface area contributed by atoms with E-state index < -0.39 is 11.7 Å². The van der Waals surface area contributed by atoms with Gasteiger partial charge >= 0.3 is 6.18 Å². The first-order valence-corrected chi connectivity index (χ1v) is 8.71. The molecule has 0 radical (unpaired) electrons. The molecular formula is C19H16F3N3S. The molecular weight excluding hydrogens is 359 g/mol. The number of thiazole rings is 1. The maximum atomic E-state index is 12.7. The third-order valence-electron chi connectivity index (χ3n) is 3.89. The van der Waals surface area contributed by atoms with E-state index in [1.54, 1.807) is 6.92 Å². The van der Waals surface area contributed by atoms with E-state index in [1.807, 2.05) is 36.6 Å². The predicted molar refractivity (Wildman–Crippen MR) is 99.7 cm³/mol. The van der Waals surface area contributed by atoms with Gasteiger partial charge in [-0.15, -0.1) is 11.3 Å². The van der Waals surface area contributed by atoms with E-state index in [4.69, 9.17) is 0 Å². The number of rotatable bonds is 4. The molecule has 1 aromatic heterocycles. The average molecular weight is 375 g/mol. The number of aryl methyl sites for hydroxylation is 2. The van der Waals surface area contributed by atoms with Crippen LogP contribution in [0.1, 0.15) is 22.3 Å². The second kappa shape index (κ2) is 7.29. The number of hydrogen-bond donors (Lipinski definition) is 1. The minimum absolute atomic E-state index is 0.505. The van der Waals surface area contributed by atoms with Crippen molar-refractivity contribution in [2.45, 2.75) is 20.0 Å². The number of benzene rings is 2. The molecule has 3 aromatic rings. The fraction of sp³-hybridized carbons (Fsp3) is 0.158. The first kappa shape index (κ1) is 18.1. The Balaban J connectivity index is 1.71.